The van der Waals surface area contributed by atoms with Gasteiger partial charge in [0, 0.05) is 36.7 Å². The summed E-state index contributed by atoms with van der Waals surface area (Å²) in [6, 6.07) is 42.4. The molecule has 0 amide bonds. The molecule has 8 aromatic rings. The van der Waals surface area contributed by atoms with Gasteiger partial charge in [-0.3, -0.25) is 49.3 Å². The van der Waals surface area contributed by atoms with Crippen molar-refractivity contribution in [2.75, 3.05) is 10.6 Å². The Bertz CT molecular complexity index is 2740. The lowest BCUT2D eigenvalue weighted by molar-refractivity contribution is -0.385. The fraction of sp³-hybridized carbons (Fsp3) is 0.130. The van der Waals surface area contributed by atoms with E-state index in [4.69, 9.17) is 0 Å². The molecule has 10 rings (SSSR count). The summed E-state index contributed by atoms with van der Waals surface area (Å²) in [5.41, 5.74) is 6.00. The van der Waals surface area contributed by atoms with Crippen LogP contribution < -0.4 is 21.3 Å². The Hall–Kier alpha value is -8.08. The van der Waals surface area contributed by atoms with Crippen LogP contribution in [0.2, 0.25) is 0 Å². The fourth-order valence-corrected chi connectivity index (χ4v) is 7.84. The Morgan fingerprint density at radius 1 is 0.500 bits per heavy atom. The highest BCUT2D eigenvalue weighted by molar-refractivity contribution is 6.05. The zero-order valence-corrected chi connectivity index (χ0v) is 32.9. The number of pyridine rings is 2. The number of carbonyl (C=O) groups excluding carboxylic acids is 2. The maximum absolute atomic E-state index is 13.6. The maximum Gasteiger partial charge on any atom is 0.269 e. The lowest BCUT2D eigenvalue weighted by Gasteiger charge is -2.23. The summed E-state index contributed by atoms with van der Waals surface area (Å²) in [6.45, 7) is 0. The van der Waals surface area contributed by atoms with Gasteiger partial charge in [-0.25, -0.2) is 9.97 Å². The molecule has 0 saturated carbocycles. The van der Waals surface area contributed by atoms with Crippen molar-refractivity contribution >= 4 is 45.9 Å². The first kappa shape index (κ1) is 39.4. The van der Waals surface area contributed by atoms with Gasteiger partial charge in [0.25, 0.3) is 11.4 Å². The molecular formula is C46H38N10O6. The summed E-state index contributed by atoms with van der Waals surface area (Å²) in [4.78, 5) is 57.6. The molecule has 16 nitrogen and oxygen atoms in total. The summed E-state index contributed by atoms with van der Waals surface area (Å²) >= 11 is 0. The standard InChI is InChI=1S/2C23H19N5O3/c2*29-21-18(14-15-6-2-1-3-7-15)24-22(16-9-11-17(12-10-16)28(30)31)26-23-20(21)27-13-5-4-8-19(27)25-23/h2*1-13,18,22,24,26H,14H2/t2*18-,22-/m00/s1. The molecule has 4 aromatic carbocycles. The van der Waals surface area contributed by atoms with E-state index in [0.717, 1.165) is 22.3 Å². The number of hydrogen-bond acceptors (Lipinski definition) is 12. The van der Waals surface area contributed by atoms with E-state index in [9.17, 15) is 29.8 Å². The van der Waals surface area contributed by atoms with Gasteiger partial charge >= 0.3 is 0 Å². The van der Waals surface area contributed by atoms with Gasteiger partial charge in [0.05, 0.1) is 21.9 Å². The molecule has 0 spiro atoms. The van der Waals surface area contributed by atoms with E-state index in [1.54, 1.807) is 33.1 Å². The van der Waals surface area contributed by atoms with Crippen molar-refractivity contribution in [3.63, 3.8) is 0 Å². The number of hydrogen-bond donors (Lipinski definition) is 4. The van der Waals surface area contributed by atoms with Crippen molar-refractivity contribution < 1.29 is 19.4 Å². The number of Topliss-reactive ketones (excluding diaryl/α,β-unsaturated/α-hetero) is 2. The minimum atomic E-state index is -0.503. The summed E-state index contributed by atoms with van der Waals surface area (Å²) in [6.07, 6.45) is 3.78. The Morgan fingerprint density at radius 3 is 1.24 bits per heavy atom. The number of fused-ring (bicyclic) bond motifs is 6. The summed E-state index contributed by atoms with van der Waals surface area (Å²) < 4.78 is 3.59. The zero-order chi connectivity index (χ0) is 42.7. The van der Waals surface area contributed by atoms with Crippen molar-refractivity contribution in [1.82, 2.24) is 29.4 Å². The van der Waals surface area contributed by atoms with Gasteiger partial charge in [-0.15, -0.1) is 0 Å². The topological polar surface area (TPSA) is 203 Å². The molecular weight excluding hydrogens is 789 g/mol. The van der Waals surface area contributed by atoms with Gasteiger partial charge in [0.2, 0.25) is 11.6 Å². The third-order valence-electron chi connectivity index (χ3n) is 10.9. The smallest absolute Gasteiger partial charge is 0.269 e. The van der Waals surface area contributed by atoms with Crippen LogP contribution in [0.3, 0.4) is 0 Å². The highest BCUT2D eigenvalue weighted by Crippen LogP contribution is 2.31. The van der Waals surface area contributed by atoms with E-state index in [1.165, 1.54) is 24.3 Å². The van der Waals surface area contributed by atoms with Crippen LogP contribution in [0.4, 0.5) is 23.0 Å². The number of non-ortho nitro benzene ring substituents is 2. The number of carbonyl (C=O) groups is 2. The molecule has 4 N–H and O–H groups in total. The fourth-order valence-electron chi connectivity index (χ4n) is 7.84. The molecule has 0 aliphatic carbocycles. The number of rotatable bonds is 8. The Kier molecular flexibility index (Phi) is 10.7. The quantitative estimate of drug-likeness (QED) is 0.0869. The summed E-state index contributed by atoms with van der Waals surface area (Å²) in [5.74, 6) is 0.856. The van der Waals surface area contributed by atoms with Gasteiger partial charge < -0.3 is 10.6 Å². The number of imidazole rings is 2. The summed E-state index contributed by atoms with van der Waals surface area (Å²) in [5, 5.41) is 35.5. The monoisotopic (exact) mass is 826 g/mol. The average Bonchev–Trinajstić information content (AvgIpc) is 3.78. The molecule has 2 aliphatic heterocycles. The van der Waals surface area contributed by atoms with Crippen molar-refractivity contribution in [2.45, 2.75) is 37.3 Å². The van der Waals surface area contributed by atoms with Gasteiger partial charge in [-0.2, -0.15) is 0 Å². The minimum absolute atomic E-state index is 0.0164. The SMILES string of the molecule is O=C1c2c(nc3ccccn23)N[C@@H](c2ccc([N+](=O)[O-])cc2)N[C@H]1Cc1ccccc1.O=C1c2c(nc3ccccn23)N[C@@H](c2ccc([N+](=O)[O-])cc2)N[C@H]1Cc1ccccc1. The van der Waals surface area contributed by atoms with E-state index >= 15 is 0 Å². The number of nitro benzene ring substituents is 2. The highest BCUT2D eigenvalue weighted by Gasteiger charge is 2.35. The lowest BCUT2D eigenvalue weighted by Crippen LogP contribution is -2.41. The van der Waals surface area contributed by atoms with Crippen LogP contribution >= 0.6 is 0 Å². The van der Waals surface area contributed by atoms with Crippen LogP contribution in [0.5, 0.6) is 0 Å². The van der Waals surface area contributed by atoms with Gasteiger partial charge in [0.1, 0.15) is 35.0 Å². The number of nitrogens with zero attached hydrogens (tertiary/aromatic N) is 6. The lowest BCUT2D eigenvalue weighted by atomic mass is 10.00. The number of ketones is 2. The molecule has 308 valence electrons. The summed E-state index contributed by atoms with van der Waals surface area (Å²) in [7, 11) is 0. The van der Waals surface area contributed by atoms with Gasteiger partial charge in [-0.05, 0) is 83.6 Å². The van der Waals surface area contributed by atoms with Crippen LogP contribution in [-0.4, -0.2) is 52.3 Å². The van der Waals surface area contributed by atoms with Crippen molar-refractivity contribution in [3.8, 4) is 0 Å². The third kappa shape index (κ3) is 7.98. The van der Waals surface area contributed by atoms with Crippen LogP contribution in [0.25, 0.3) is 11.3 Å². The third-order valence-corrected chi connectivity index (χ3v) is 10.9. The number of aromatic nitrogens is 4. The van der Waals surface area contributed by atoms with Crippen molar-refractivity contribution in [2.24, 2.45) is 0 Å². The van der Waals surface area contributed by atoms with Crippen LogP contribution in [-0.2, 0) is 12.8 Å². The molecule has 16 heteroatoms. The van der Waals surface area contributed by atoms with Gasteiger partial charge in [-0.1, -0.05) is 72.8 Å². The number of nitro groups is 2. The van der Waals surface area contributed by atoms with E-state index < -0.39 is 34.3 Å². The number of benzene rings is 4. The molecule has 0 radical (unpaired) electrons. The molecule has 62 heavy (non-hydrogen) atoms. The Morgan fingerprint density at radius 2 is 0.871 bits per heavy atom. The number of anilines is 2. The van der Waals surface area contributed by atoms with Crippen molar-refractivity contribution in [1.29, 1.82) is 0 Å². The predicted molar refractivity (Wildman–Crippen MR) is 232 cm³/mol. The van der Waals surface area contributed by atoms with Crippen LogP contribution in [0, 0.1) is 20.2 Å². The van der Waals surface area contributed by atoms with E-state index in [1.807, 2.05) is 109 Å². The van der Waals surface area contributed by atoms with Crippen LogP contribution in [0.1, 0.15) is 55.6 Å². The minimum Gasteiger partial charge on any atom is -0.349 e. The molecule has 0 unspecified atom stereocenters. The Labute approximate surface area is 353 Å². The van der Waals surface area contributed by atoms with E-state index in [0.29, 0.717) is 47.2 Å². The first-order valence-electron chi connectivity index (χ1n) is 19.8. The zero-order valence-electron chi connectivity index (χ0n) is 32.9. The Balaban J connectivity index is 0.000000158. The molecule has 0 saturated heterocycles. The molecule has 0 fully saturated rings. The molecule has 0 bridgehead atoms. The van der Waals surface area contributed by atoms with E-state index in [2.05, 4.69) is 31.2 Å². The number of nitrogens with one attached hydrogen (secondary N) is 4. The maximum atomic E-state index is 13.6. The van der Waals surface area contributed by atoms with Crippen molar-refractivity contribution in [3.05, 3.63) is 212 Å². The first-order chi connectivity index (χ1) is 30.2. The van der Waals surface area contributed by atoms with E-state index in [-0.39, 0.29) is 22.9 Å². The molecule has 4 atom stereocenters. The second kappa shape index (κ2) is 16.9. The predicted octanol–water partition coefficient (Wildman–Crippen LogP) is 7.50. The highest BCUT2D eigenvalue weighted by atomic mass is 16.6. The molecule has 2 aliphatic rings. The molecule has 4 aromatic heterocycles. The van der Waals surface area contributed by atoms with Gasteiger partial charge in [0.15, 0.2) is 11.6 Å². The normalized spacial score (nSPS) is 18.3. The molecule has 6 heterocycles. The van der Waals surface area contributed by atoms with Crippen LogP contribution in [0.15, 0.2) is 158 Å². The second-order valence-corrected chi connectivity index (χ2v) is 14.9. The largest absolute Gasteiger partial charge is 0.349 e. The second-order valence-electron chi connectivity index (χ2n) is 14.9. The average molecular weight is 827 g/mol. The first-order valence-corrected chi connectivity index (χ1v) is 19.8.